The average Bonchev–Trinajstić information content (AvgIpc) is 2.98. The molecule has 0 aromatic heterocycles. The summed E-state index contributed by atoms with van der Waals surface area (Å²) < 4.78 is 0. The van der Waals surface area contributed by atoms with Gasteiger partial charge in [-0.1, -0.05) is 24.3 Å². The van der Waals surface area contributed by atoms with Crippen LogP contribution in [0.3, 0.4) is 0 Å². The normalized spacial score (nSPS) is 19.6. The highest BCUT2D eigenvalue weighted by Gasteiger charge is 2.28. The third-order valence-electron chi connectivity index (χ3n) is 4.89. The lowest BCUT2D eigenvalue weighted by atomic mass is 10.1. The number of aromatic carboxylic acids is 1. The van der Waals surface area contributed by atoms with Gasteiger partial charge in [-0.15, -0.1) is 0 Å². The number of carbonyl (C=O) groups excluding carboxylic acids is 1. The maximum absolute atomic E-state index is 12.2. The molecule has 6 heteroatoms. The van der Waals surface area contributed by atoms with E-state index in [0.29, 0.717) is 32.2 Å². The summed E-state index contributed by atoms with van der Waals surface area (Å²) in [5.41, 5.74) is 1.24. The molecule has 6 nitrogen and oxygen atoms in total. The van der Waals surface area contributed by atoms with Gasteiger partial charge in [0.2, 0.25) is 5.91 Å². The third kappa shape index (κ3) is 6.81. The molecule has 3 atom stereocenters. The van der Waals surface area contributed by atoms with E-state index in [2.05, 4.69) is 0 Å². The fourth-order valence-electron chi connectivity index (χ4n) is 3.29. The molecule has 1 aromatic rings. The van der Waals surface area contributed by atoms with Crippen LogP contribution in [0, 0.1) is 0 Å². The molecule has 2 rings (SSSR count). The van der Waals surface area contributed by atoms with Gasteiger partial charge in [-0.3, -0.25) is 4.79 Å². The van der Waals surface area contributed by atoms with E-state index < -0.39 is 12.1 Å². The van der Waals surface area contributed by atoms with Crippen LogP contribution in [0.2, 0.25) is 0 Å². The fourth-order valence-corrected chi connectivity index (χ4v) is 3.29. The Kier molecular flexibility index (Phi) is 8.00. The topological polar surface area (TPSA) is 98.1 Å². The zero-order valence-corrected chi connectivity index (χ0v) is 15.8. The minimum atomic E-state index is -0.950. The molecule has 1 saturated heterocycles. The number of carbonyl (C=O) groups is 2. The first kappa shape index (κ1) is 21.1. The summed E-state index contributed by atoms with van der Waals surface area (Å²) in [6.07, 6.45) is 6.66. The van der Waals surface area contributed by atoms with Gasteiger partial charge in [-0.25, -0.2) is 4.79 Å². The number of amides is 1. The predicted octanol–water partition coefficient (Wildman–Crippen LogP) is 2.39. The fraction of sp³-hybridized carbons (Fsp3) is 0.524. The van der Waals surface area contributed by atoms with Crippen molar-refractivity contribution < 1.29 is 24.9 Å². The molecule has 1 fully saturated rings. The highest BCUT2D eigenvalue weighted by Crippen LogP contribution is 2.21. The summed E-state index contributed by atoms with van der Waals surface area (Å²) in [4.78, 5) is 24.9. The van der Waals surface area contributed by atoms with Gasteiger partial charge in [-0.2, -0.15) is 0 Å². The molecular weight excluding hydrogens is 346 g/mol. The van der Waals surface area contributed by atoms with E-state index in [1.54, 1.807) is 37.3 Å². The molecule has 3 N–H and O–H groups in total. The van der Waals surface area contributed by atoms with Crippen molar-refractivity contribution in [3.63, 3.8) is 0 Å². The SMILES string of the molecule is C[C@H](O)CCCC(O)/C=C/[C@H]1CCC(=O)N1CCc1ccc(C(=O)O)cc1. The second-order valence-electron chi connectivity index (χ2n) is 7.18. The Bertz CT molecular complexity index is 653. The lowest BCUT2D eigenvalue weighted by molar-refractivity contribution is -0.128. The summed E-state index contributed by atoms with van der Waals surface area (Å²) in [6, 6.07) is 6.69. The second kappa shape index (κ2) is 10.2. The first-order valence-corrected chi connectivity index (χ1v) is 9.53. The van der Waals surface area contributed by atoms with Crippen LogP contribution in [0.15, 0.2) is 36.4 Å². The van der Waals surface area contributed by atoms with Gasteiger partial charge >= 0.3 is 5.97 Å². The number of nitrogens with zero attached hydrogens (tertiary/aromatic N) is 1. The van der Waals surface area contributed by atoms with Crippen LogP contribution < -0.4 is 0 Å². The van der Waals surface area contributed by atoms with Crippen molar-refractivity contribution in [3.05, 3.63) is 47.5 Å². The quantitative estimate of drug-likeness (QED) is 0.546. The molecule has 0 saturated carbocycles. The van der Waals surface area contributed by atoms with E-state index in [1.807, 2.05) is 11.0 Å². The molecule has 148 valence electrons. The third-order valence-corrected chi connectivity index (χ3v) is 4.89. The summed E-state index contributed by atoms with van der Waals surface area (Å²) >= 11 is 0. The van der Waals surface area contributed by atoms with Crippen LogP contribution in [-0.4, -0.2) is 56.9 Å². The monoisotopic (exact) mass is 375 g/mol. The van der Waals surface area contributed by atoms with Gasteiger partial charge in [0.15, 0.2) is 0 Å². The van der Waals surface area contributed by atoms with Crippen LogP contribution in [-0.2, 0) is 11.2 Å². The van der Waals surface area contributed by atoms with Crippen molar-refractivity contribution in [2.45, 2.75) is 63.7 Å². The van der Waals surface area contributed by atoms with Crippen molar-refractivity contribution in [1.29, 1.82) is 0 Å². The van der Waals surface area contributed by atoms with E-state index in [4.69, 9.17) is 5.11 Å². The van der Waals surface area contributed by atoms with E-state index in [1.165, 1.54) is 0 Å². The molecule has 0 radical (unpaired) electrons. The van der Waals surface area contributed by atoms with Gasteiger partial charge < -0.3 is 20.2 Å². The zero-order valence-electron chi connectivity index (χ0n) is 15.8. The number of rotatable bonds is 10. The van der Waals surface area contributed by atoms with E-state index in [9.17, 15) is 19.8 Å². The number of hydrogen-bond acceptors (Lipinski definition) is 4. The van der Waals surface area contributed by atoms with Crippen molar-refractivity contribution in [2.75, 3.05) is 6.54 Å². The molecule has 1 aliphatic heterocycles. The second-order valence-corrected chi connectivity index (χ2v) is 7.18. The number of carboxylic acid groups (broad SMARTS) is 1. The smallest absolute Gasteiger partial charge is 0.335 e. The largest absolute Gasteiger partial charge is 0.478 e. The van der Waals surface area contributed by atoms with Crippen molar-refractivity contribution in [1.82, 2.24) is 4.90 Å². The zero-order chi connectivity index (χ0) is 19.8. The van der Waals surface area contributed by atoms with E-state index in [-0.39, 0.29) is 23.6 Å². The predicted molar refractivity (Wildman–Crippen MR) is 103 cm³/mol. The van der Waals surface area contributed by atoms with Crippen molar-refractivity contribution in [3.8, 4) is 0 Å². The van der Waals surface area contributed by atoms with E-state index in [0.717, 1.165) is 18.4 Å². The molecule has 1 aliphatic rings. The van der Waals surface area contributed by atoms with Gasteiger partial charge in [0, 0.05) is 13.0 Å². The maximum Gasteiger partial charge on any atom is 0.335 e. The average molecular weight is 375 g/mol. The van der Waals surface area contributed by atoms with Gasteiger partial charge in [0.1, 0.15) is 0 Å². The Hall–Kier alpha value is -2.18. The molecule has 27 heavy (non-hydrogen) atoms. The van der Waals surface area contributed by atoms with Gasteiger partial charge in [0.25, 0.3) is 0 Å². The lowest BCUT2D eigenvalue weighted by Gasteiger charge is -2.23. The van der Waals surface area contributed by atoms with Crippen LogP contribution in [0.5, 0.6) is 0 Å². The Morgan fingerprint density at radius 1 is 1.26 bits per heavy atom. The molecule has 1 amide bonds. The summed E-state index contributed by atoms with van der Waals surface area (Å²) in [5.74, 6) is -0.844. The number of benzene rings is 1. The van der Waals surface area contributed by atoms with Crippen LogP contribution in [0.1, 0.15) is 54.9 Å². The number of carboxylic acids is 1. The number of likely N-dealkylation sites (tertiary alicyclic amines) is 1. The molecule has 1 heterocycles. The Morgan fingerprint density at radius 2 is 1.96 bits per heavy atom. The van der Waals surface area contributed by atoms with Crippen LogP contribution in [0.25, 0.3) is 0 Å². The maximum atomic E-state index is 12.2. The number of aliphatic hydroxyl groups is 2. The molecule has 0 bridgehead atoms. The summed E-state index contributed by atoms with van der Waals surface area (Å²) in [7, 11) is 0. The molecule has 1 aromatic carbocycles. The first-order valence-electron chi connectivity index (χ1n) is 9.53. The van der Waals surface area contributed by atoms with Crippen LogP contribution in [0.4, 0.5) is 0 Å². The van der Waals surface area contributed by atoms with Crippen molar-refractivity contribution in [2.24, 2.45) is 0 Å². The minimum absolute atomic E-state index is 0.0118. The van der Waals surface area contributed by atoms with Gasteiger partial charge in [-0.05, 0) is 56.7 Å². The minimum Gasteiger partial charge on any atom is -0.478 e. The lowest BCUT2D eigenvalue weighted by Crippen LogP contribution is -2.33. The van der Waals surface area contributed by atoms with Gasteiger partial charge in [0.05, 0.1) is 23.8 Å². The Labute approximate surface area is 160 Å². The number of aliphatic hydroxyl groups excluding tert-OH is 2. The molecular formula is C21H29NO5. The molecule has 1 unspecified atom stereocenters. The Balaban J connectivity index is 1.86. The Morgan fingerprint density at radius 3 is 2.59 bits per heavy atom. The van der Waals surface area contributed by atoms with Crippen LogP contribution >= 0.6 is 0 Å². The highest BCUT2D eigenvalue weighted by molar-refractivity contribution is 5.87. The molecule has 0 spiro atoms. The summed E-state index contributed by atoms with van der Waals surface area (Å²) in [6.45, 7) is 2.30. The molecule has 0 aliphatic carbocycles. The standard InChI is InChI=1S/C21H29NO5/c1-15(23)3-2-4-19(24)11-9-18-10-12-20(25)22(18)14-13-16-5-7-17(8-6-16)21(26)27/h5-9,11,15,18-19,23-24H,2-4,10,12-14H2,1H3,(H,26,27)/b11-9+/t15-,18-,19?/m0/s1. The highest BCUT2D eigenvalue weighted by atomic mass is 16.4. The van der Waals surface area contributed by atoms with Crippen molar-refractivity contribution >= 4 is 11.9 Å². The number of hydrogen-bond donors (Lipinski definition) is 3. The summed E-state index contributed by atoms with van der Waals surface area (Å²) in [5, 5.41) is 28.2. The first-order chi connectivity index (χ1) is 12.9. The van der Waals surface area contributed by atoms with E-state index >= 15 is 0 Å².